The van der Waals surface area contributed by atoms with Crippen LogP contribution in [0.1, 0.15) is 15.9 Å². The molecular weight excluding hydrogens is 322 g/mol. The minimum Gasteiger partial charge on any atom is -0.478 e. The number of aromatic nitrogens is 1. The molecule has 1 saturated heterocycles. The number of benzene rings is 1. The Morgan fingerprint density at radius 3 is 2.72 bits per heavy atom. The fraction of sp³-hybridized carbons (Fsp3) is 0.333. The molecule has 3 heterocycles. The highest BCUT2D eigenvalue weighted by Crippen LogP contribution is 2.33. The van der Waals surface area contributed by atoms with Crippen LogP contribution < -0.4 is 14.4 Å². The van der Waals surface area contributed by atoms with Crippen LogP contribution in [0.25, 0.3) is 0 Å². The first-order chi connectivity index (χ1) is 12.2. The summed E-state index contributed by atoms with van der Waals surface area (Å²) in [4.78, 5) is 20.0. The molecule has 0 atom stereocenters. The maximum absolute atomic E-state index is 11.4. The Labute approximate surface area is 145 Å². The quantitative estimate of drug-likeness (QED) is 0.909. The zero-order chi connectivity index (χ0) is 17.2. The van der Waals surface area contributed by atoms with Gasteiger partial charge in [0.1, 0.15) is 11.4 Å². The average molecular weight is 341 g/mol. The Kier molecular flexibility index (Phi) is 4.15. The number of piperazine rings is 1. The summed E-state index contributed by atoms with van der Waals surface area (Å²) in [5.74, 6) is 1.21. The fourth-order valence-corrected chi connectivity index (χ4v) is 3.23. The van der Waals surface area contributed by atoms with Crippen molar-refractivity contribution in [2.24, 2.45) is 0 Å². The van der Waals surface area contributed by atoms with E-state index in [0.29, 0.717) is 5.82 Å². The topological polar surface area (TPSA) is 75.1 Å². The number of hydrogen-bond donors (Lipinski definition) is 1. The van der Waals surface area contributed by atoms with Crippen molar-refractivity contribution in [1.82, 2.24) is 9.88 Å². The molecule has 0 unspecified atom stereocenters. The van der Waals surface area contributed by atoms with Crippen molar-refractivity contribution >= 4 is 11.8 Å². The van der Waals surface area contributed by atoms with Gasteiger partial charge in [-0.05, 0) is 29.8 Å². The van der Waals surface area contributed by atoms with E-state index in [9.17, 15) is 9.90 Å². The molecule has 1 fully saturated rings. The lowest BCUT2D eigenvalue weighted by Crippen LogP contribution is -2.46. The Bertz CT molecular complexity index is 788. The summed E-state index contributed by atoms with van der Waals surface area (Å²) in [6, 6.07) is 9.28. The van der Waals surface area contributed by atoms with Crippen molar-refractivity contribution in [3.8, 4) is 11.5 Å². The second-order valence-electron chi connectivity index (χ2n) is 6.13. The summed E-state index contributed by atoms with van der Waals surface area (Å²) in [5, 5.41) is 9.32. The summed E-state index contributed by atoms with van der Waals surface area (Å²) in [7, 11) is 0. The first-order valence-corrected chi connectivity index (χ1v) is 8.25. The van der Waals surface area contributed by atoms with Crippen molar-refractivity contribution in [3.63, 3.8) is 0 Å². The lowest BCUT2D eigenvalue weighted by Gasteiger charge is -2.35. The molecule has 0 aliphatic carbocycles. The van der Waals surface area contributed by atoms with E-state index in [1.165, 1.54) is 5.56 Å². The largest absolute Gasteiger partial charge is 0.478 e. The fourth-order valence-electron chi connectivity index (χ4n) is 3.23. The summed E-state index contributed by atoms with van der Waals surface area (Å²) in [5.41, 5.74) is 1.44. The van der Waals surface area contributed by atoms with Gasteiger partial charge in [0.2, 0.25) is 6.79 Å². The van der Waals surface area contributed by atoms with E-state index in [4.69, 9.17) is 9.47 Å². The molecule has 1 N–H and O–H groups in total. The van der Waals surface area contributed by atoms with Gasteiger partial charge in [-0.2, -0.15) is 0 Å². The highest BCUT2D eigenvalue weighted by Gasteiger charge is 2.23. The molecule has 0 saturated carbocycles. The molecule has 4 rings (SSSR count). The summed E-state index contributed by atoms with van der Waals surface area (Å²) in [6.07, 6.45) is 1.64. The molecule has 2 aliphatic rings. The van der Waals surface area contributed by atoms with Gasteiger partial charge in [-0.25, -0.2) is 9.78 Å². The van der Waals surface area contributed by atoms with Gasteiger partial charge in [0, 0.05) is 38.9 Å². The molecule has 1 aromatic carbocycles. The second-order valence-corrected chi connectivity index (χ2v) is 6.13. The maximum atomic E-state index is 11.4. The van der Waals surface area contributed by atoms with Gasteiger partial charge in [-0.15, -0.1) is 0 Å². The molecular formula is C18H19N3O4. The lowest BCUT2D eigenvalue weighted by molar-refractivity contribution is 0.0697. The number of carboxylic acids is 1. The molecule has 2 aromatic rings. The van der Waals surface area contributed by atoms with Crippen LogP contribution in [-0.2, 0) is 6.54 Å². The van der Waals surface area contributed by atoms with Crippen molar-refractivity contribution in [3.05, 3.63) is 47.7 Å². The van der Waals surface area contributed by atoms with Crippen LogP contribution in [0.2, 0.25) is 0 Å². The number of aromatic carboxylic acids is 1. The monoisotopic (exact) mass is 341 g/mol. The molecule has 0 amide bonds. The number of carboxylic acid groups (broad SMARTS) is 1. The lowest BCUT2D eigenvalue weighted by atomic mass is 10.1. The smallest absolute Gasteiger partial charge is 0.339 e. The number of rotatable bonds is 4. The number of nitrogens with zero attached hydrogens (tertiary/aromatic N) is 3. The van der Waals surface area contributed by atoms with E-state index >= 15 is 0 Å². The molecule has 7 heteroatoms. The van der Waals surface area contributed by atoms with Gasteiger partial charge in [0.05, 0.1) is 0 Å². The Balaban J connectivity index is 1.40. The summed E-state index contributed by atoms with van der Waals surface area (Å²) >= 11 is 0. The zero-order valence-corrected chi connectivity index (χ0v) is 13.7. The number of fused-ring (bicyclic) bond motifs is 1. The zero-order valence-electron chi connectivity index (χ0n) is 13.7. The Morgan fingerprint density at radius 2 is 1.92 bits per heavy atom. The molecule has 25 heavy (non-hydrogen) atoms. The van der Waals surface area contributed by atoms with E-state index in [-0.39, 0.29) is 12.4 Å². The normalized spacial score (nSPS) is 16.9. The first-order valence-electron chi connectivity index (χ1n) is 8.25. The van der Waals surface area contributed by atoms with Crippen LogP contribution in [0.4, 0.5) is 5.82 Å². The number of ether oxygens (including phenoxy) is 2. The van der Waals surface area contributed by atoms with Crippen LogP contribution in [-0.4, -0.2) is 53.9 Å². The summed E-state index contributed by atoms with van der Waals surface area (Å²) < 4.78 is 10.8. The third-order valence-electron chi connectivity index (χ3n) is 4.53. The predicted molar refractivity (Wildman–Crippen MR) is 91.3 cm³/mol. The van der Waals surface area contributed by atoms with Crippen molar-refractivity contribution in [2.45, 2.75) is 6.54 Å². The Hall–Kier alpha value is -2.80. The molecule has 0 bridgehead atoms. The number of hydrogen-bond acceptors (Lipinski definition) is 6. The van der Waals surface area contributed by atoms with Crippen LogP contribution >= 0.6 is 0 Å². The van der Waals surface area contributed by atoms with Gasteiger partial charge in [0.25, 0.3) is 0 Å². The third kappa shape index (κ3) is 3.23. The molecule has 2 aliphatic heterocycles. The number of carbonyl (C=O) groups is 1. The van der Waals surface area contributed by atoms with Crippen molar-refractivity contribution in [2.75, 3.05) is 37.9 Å². The second kappa shape index (κ2) is 6.60. The maximum Gasteiger partial charge on any atom is 0.339 e. The highest BCUT2D eigenvalue weighted by atomic mass is 16.7. The van der Waals surface area contributed by atoms with Crippen LogP contribution in [0.5, 0.6) is 11.5 Å². The SMILES string of the molecule is O=C(O)c1cccnc1N1CCN(Cc2ccc3c(c2)OCO3)CC1. The molecule has 0 radical (unpaired) electrons. The minimum absolute atomic E-state index is 0.256. The van der Waals surface area contributed by atoms with Gasteiger partial charge >= 0.3 is 5.97 Å². The standard InChI is InChI=1S/C18H19N3O4/c22-18(23)14-2-1-5-19-17(14)21-8-6-20(7-9-21)11-13-3-4-15-16(10-13)25-12-24-15/h1-5,10H,6-9,11-12H2,(H,22,23). The van der Waals surface area contributed by atoms with Crippen LogP contribution in [0.15, 0.2) is 36.5 Å². The Morgan fingerprint density at radius 1 is 1.12 bits per heavy atom. The minimum atomic E-state index is -0.939. The van der Waals surface area contributed by atoms with Gasteiger partial charge in [0.15, 0.2) is 11.5 Å². The van der Waals surface area contributed by atoms with Gasteiger partial charge in [-0.3, -0.25) is 4.90 Å². The molecule has 1 aromatic heterocycles. The highest BCUT2D eigenvalue weighted by molar-refractivity contribution is 5.93. The molecule has 0 spiro atoms. The first kappa shape index (κ1) is 15.7. The van der Waals surface area contributed by atoms with Crippen LogP contribution in [0.3, 0.4) is 0 Å². The summed E-state index contributed by atoms with van der Waals surface area (Å²) in [6.45, 7) is 4.32. The average Bonchev–Trinajstić information content (AvgIpc) is 3.10. The van der Waals surface area contributed by atoms with E-state index in [2.05, 4.69) is 16.0 Å². The van der Waals surface area contributed by atoms with Crippen molar-refractivity contribution in [1.29, 1.82) is 0 Å². The van der Waals surface area contributed by atoms with E-state index in [1.54, 1.807) is 18.3 Å². The van der Waals surface area contributed by atoms with E-state index in [0.717, 1.165) is 44.2 Å². The predicted octanol–water partition coefficient (Wildman–Crippen LogP) is 1.83. The number of pyridine rings is 1. The van der Waals surface area contributed by atoms with Crippen molar-refractivity contribution < 1.29 is 19.4 Å². The van der Waals surface area contributed by atoms with E-state index < -0.39 is 5.97 Å². The molecule has 130 valence electrons. The number of anilines is 1. The van der Waals surface area contributed by atoms with Gasteiger partial charge in [-0.1, -0.05) is 6.07 Å². The molecule has 7 nitrogen and oxygen atoms in total. The van der Waals surface area contributed by atoms with E-state index in [1.807, 2.05) is 17.0 Å². The third-order valence-corrected chi connectivity index (χ3v) is 4.53. The van der Waals surface area contributed by atoms with Gasteiger partial charge < -0.3 is 19.5 Å². The van der Waals surface area contributed by atoms with Crippen LogP contribution in [0, 0.1) is 0 Å².